The van der Waals surface area contributed by atoms with Crippen molar-refractivity contribution in [3.05, 3.63) is 53.5 Å². The molecule has 1 aromatic heterocycles. The summed E-state index contributed by atoms with van der Waals surface area (Å²) in [7, 11) is 1.63. The number of benzene rings is 1. The van der Waals surface area contributed by atoms with E-state index in [0.29, 0.717) is 12.1 Å². The SMILES string of the molecule is CNC(=O)c1ccc(NCc2ccoc2)c(C)c1. The molecule has 0 saturated heterocycles. The van der Waals surface area contributed by atoms with Crippen molar-refractivity contribution in [2.75, 3.05) is 12.4 Å². The van der Waals surface area contributed by atoms with E-state index in [4.69, 9.17) is 4.42 Å². The van der Waals surface area contributed by atoms with Crippen molar-refractivity contribution >= 4 is 11.6 Å². The van der Waals surface area contributed by atoms with Gasteiger partial charge in [-0.3, -0.25) is 4.79 Å². The van der Waals surface area contributed by atoms with Gasteiger partial charge in [0.25, 0.3) is 5.91 Å². The smallest absolute Gasteiger partial charge is 0.251 e. The fraction of sp³-hybridized carbons (Fsp3) is 0.214. The van der Waals surface area contributed by atoms with Gasteiger partial charge in [0, 0.05) is 30.4 Å². The first-order valence-corrected chi connectivity index (χ1v) is 5.78. The number of hydrogen-bond acceptors (Lipinski definition) is 3. The third-order valence-electron chi connectivity index (χ3n) is 2.78. The Morgan fingerprint density at radius 3 is 2.78 bits per heavy atom. The number of rotatable bonds is 4. The molecule has 0 radical (unpaired) electrons. The van der Waals surface area contributed by atoms with E-state index in [-0.39, 0.29) is 5.91 Å². The van der Waals surface area contributed by atoms with Crippen LogP contribution in [-0.2, 0) is 6.54 Å². The molecule has 0 spiro atoms. The van der Waals surface area contributed by atoms with Crippen molar-refractivity contribution in [1.29, 1.82) is 0 Å². The molecule has 0 fully saturated rings. The van der Waals surface area contributed by atoms with E-state index in [9.17, 15) is 4.79 Å². The summed E-state index contributed by atoms with van der Waals surface area (Å²) in [4.78, 5) is 11.5. The summed E-state index contributed by atoms with van der Waals surface area (Å²) in [6, 6.07) is 7.52. The van der Waals surface area contributed by atoms with Crippen molar-refractivity contribution in [3.63, 3.8) is 0 Å². The van der Waals surface area contributed by atoms with E-state index in [1.807, 2.05) is 31.2 Å². The molecular formula is C14H16N2O2. The van der Waals surface area contributed by atoms with Gasteiger partial charge in [0.1, 0.15) is 0 Å². The van der Waals surface area contributed by atoms with Gasteiger partial charge in [-0.25, -0.2) is 0 Å². The Bertz CT molecular complexity index is 533. The second-order valence-electron chi connectivity index (χ2n) is 4.09. The zero-order chi connectivity index (χ0) is 13.0. The Labute approximate surface area is 106 Å². The normalized spacial score (nSPS) is 10.1. The molecule has 4 nitrogen and oxygen atoms in total. The molecule has 1 heterocycles. The van der Waals surface area contributed by atoms with Crippen LogP contribution in [0.1, 0.15) is 21.5 Å². The third kappa shape index (κ3) is 2.71. The molecule has 0 saturated carbocycles. The van der Waals surface area contributed by atoms with Gasteiger partial charge in [-0.2, -0.15) is 0 Å². The molecule has 0 aliphatic carbocycles. The number of anilines is 1. The zero-order valence-corrected chi connectivity index (χ0v) is 10.5. The standard InChI is InChI=1S/C14H16N2O2/c1-10-7-12(14(17)15-2)3-4-13(10)16-8-11-5-6-18-9-11/h3-7,9,16H,8H2,1-2H3,(H,15,17). The molecule has 0 aliphatic rings. The molecule has 0 unspecified atom stereocenters. The van der Waals surface area contributed by atoms with Crippen molar-refractivity contribution < 1.29 is 9.21 Å². The number of hydrogen-bond donors (Lipinski definition) is 2. The van der Waals surface area contributed by atoms with Gasteiger partial charge in [-0.15, -0.1) is 0 Å². The summed E-state index contributed by atoms with van der Waals surface area (Å²) in [5.41, 5.74) is 3.82. The highest BCUT2D eigenvalue weighted by atomic mass is 16.3. The van der Waals surface area contributed by atoms with Crippen LogP contribution >= 0.6 is 0 Å². The summed E-state index contributed by atoms with van der Waals surface area (Å²) in [6.45, 7) is 2.68. The van der Waals surface area contributed by atoms with E-state index >= 15 is 0 Å². The van der Waals surface area contributed by atoms with Gasteiger partial charge < -0.3 is 15.1 Å². The molecule has 1 aromatic carbocycles. The van der Waals surface area contributed by atoms with Gasteiger partial charge in [0.2, 0.25) is 0 Å². The number of nitrogens with one attached hydrogen (secondary N) is 2. The first kappa shape index (κ1) is 12.2. The highest BCUT2D eigenvalue weighted by molar-refractivity contribution is 5.94. The lowest BCUT2D eigenvalue weighted by Crippen LogP contribution is -2.17. The monoisotopic (exact) mass is 244 g/mol. The molecule has 0 aliphatic heterocycles. The molecular weight excluding hydrogens is 228 g/mol. The molecule has 2 aromatic rings. The van der Waals surface area contributed by atoms with Crippen LogP contribution in [0.15, 0.2) is 41.2 Å². The van der Waals surface area contributed by atoms with Gasteiger partial charge in [0.15, 0.2) is 0 Å². The predicted molar refractivity (Wildman–Crippen MR) is 70.6 cm³/mol. The fourth-order valence-electron chi connectivity index (χ4n) is 1.74. The molecule has 0 atom stereocenters. The zero-order valence-electron chi connectivity index (χ0n) is 10.5. The van der Waals surface area contributed by atoms with Crippen molar-refractivity contribution in [2.45, 2.75) is 13.5 Å². The molecule has 2 rings (SSSR count). The van der Waals surface area contributed by atoms with E-state index in [0.717, 1.165) is 16.8 Å². The second kappa shape index (κ2) is 5.40. The van der Waals surface area contributed by atoms with E-state index < -0.39 is 0 Å². The second-order valence-corrected chi connectivity index (χ2v) is 4.09. The third-order valence-corrected chi connectivity index (χ3v) is 2.78. The van der Waals surface area contributed by atoms with Crippen LogP contribution in [0.2, 0.25) is 0 Å². The van der Waals surface area contributed by atoms with Crippen LogP contribution in [0.4, 0.5) is 5.69 Å². The van der Waals surface area contributed by atoms with Crippen molar-refractivity contribution in [3.8, 4) is 0 Å². The first-order valence-electron chi connectivity index (χ1n) is 5.78. The van der Waals surface area contributed by atoms with Gasteiger partial charge >= 0.3 is 0 Å². The van der Waals surface area contributed by atoms with Gasteiger partial charge in [0.05, 0.1) is 12.5 Å². The Kier molecular flexibility index (Phi) is 3.67. The summed E-state index contributed by atoms with van der Waals surface area (Å²) in [6.07, 6.45) is 3.36. The van der Waals surface area contributed by atoms with Crippen LogP contribution < -0.4 is 10.6 Å². The minimum Gasteiger partial charge on any atom is -0.472 e. The summed E-state index contributed by atoms with van der Waals surface area (Å²) in [5, 5.41) is 5.92. The van der Waals surface area contributed by atoms with Crippen LogP contribution in [0.25, 0.3) is 0 Å². The lowest BCUT2D eigenvalue weighted by molar-refractivity contribution is 0.0963. The summed E-state index contributed by atoms with van der Waals surface area (Å²) < 4.78 is 5.01. The summed E-state index contributed by atoms with van der Waals surface area (Å²) >= 11 is 0. The maximum Gasteiger partial charge on any atom is 0.251 e. The maximum atomic E-state index is 11.5. The molecule has 0 bridgehead atoms. The Hall–Kier alpha value is -2.23. The average Bonchev–Trinajstić information content (AvgIpc) is 2.89. The molecule has 18 heavy (non-hydrogen) atoms. The van der Waals surface area contributed by atoms with E-state index in [1.165, 1.54) is 0 Å². The van der Waals surface area contributed by atoms with Crippen LogP contribution in [0.5, 0.6) is 0 Å². The fourth-order valence-corrected chi connectivity index (χ4v) is 1.74. The van der Waals surface area contributed by atoms with Crippen molar-refractivity contribution in [1.82, 2.24) is 5.32 Å². The molecule has 94 valence electrons. The molecule has 4 heteroatoms. The number of aryl methyl sites for hydroxylation is 1. The molecule has 1 amide bonds. The Morgan fingerprint density at radius 1 is 1.33 bits per heavy atom. The Balaban J connectivity index is 2.08. The number of carbonyl (C=O) groups is 1. The maximum absolute atomic E-state index is 11.5. The van der Waals surface area contributed by atoms with Crippen LogP contribution in [0.3, 0.4) is 0 Å². The summed E-state index contributed by atoms with van der Waals surface area (Å²) in [5.74, 6) is -0.0699. The number of amides is 1. The van der Waals surface area contributed by atoms with E-state index in [1.54, 1.807) is 19.6 Å². The van der Waals surface area contributed by atoms with Crippen LogP contribution in [0, 0.1) is 6.92 Å². The minimum atomic E-state index is -0.0699. The van der Waals surface area contributed by atoms with Gasteiger partial charge in [-0.1, -0.05) is 0 Å². The highest BCUT2D eigenvalue weighted by Gasteiger charge is 2.05. The molecule has 2 N–H and O–H groups in total. The van der Waals surface area contributed by atoms with E-state index in [2.05, 4.69) is 10.6 Å². The highest BCUT2D eigenvalue weighted by Crippen LogP contribution is 2.17. The van der Waals surface area contributed by atoms with Crippen LogP contribution in [-0.4, -0.2) is 13.0 Å². The Morgan fingerprint density at radius 2 is 2.17 bits per heavy atom. The predicted octanol–water partition coefficient (Wildman–Crippen LogP) is 2.56. The quantitative estimate of drug-likeness (QED) is 0.869. The lowest BCUT2D eigenvalue weighted by atomic mass is 10.1. The first-order chi connectivity index (χ1) is 8.70. The number of carbonyl (C=O) groups excluding carboxylic acids is 1. The number of furan rings is 1. The lowest BCUT2D eigenvalue weighted by Gasteiger charge is -2.10. The topological polar surface area (TPSA) is 54.3 Å². The van der Waals surface area contributed by atoms with Gasteiger partial charge in [-0.05, 0) is 36.8 Å². The van der Waals surface area contributed by atoms with Crippen molar-refractivity contribution in [2.24, 2.45) is 0 Å². The minimum absolute atomic E-state index is 0.0699. The largest absolute Gasteiger partial charge is 0.472 e. The average molecular weight is 244 g/mol.